The average molecular weight is 255 g/mol. The Morgan fingerprint density at radius 3 is 2.61 bits per heavy atom. The van der Waals surface area contributed by atoms with E-state index in [0.717, 1.165) is 45.4 Å². The highest BCUT2D eigenvalue weighted by Gasteiger charge is 2.34. The Labute approximate surface area is 111 Å². The molecule has 0 spiro atoms. The number of amides is 1. The molecule has 1 rings (SSSR count). The summed E-state index contributed by atoms with van der Waals surface area (Å²) in [5, 5.41) is 6.40. The van der Waals surface area contributed by atoms with Gasteiger partial charge in [0.2, 0.25) is 5.91 Å². The van der Waals surface area contributed by atoms with Gasteiger partial charge < -0.3 is 15.5 Å². The summed E-state index contributed by atoms with van der Waals surface area (Å²) in [5.41, 5.74) is -0.166. The molecule has 1 aliphatic heterocycles. The van der Waals surface area contributed by atoms with E-state index in [1.807, 2.05) is 0 Å². The molecule has 0 saturated carbocycles. The molecule has 1 fully saturated rings. The first-order valence-corrected chi connectivity index (χ1v) is 7.19. The number of rotatable bonds is 6. The van der Waals surface area contributed by atoms with Crippen LogP contribution in [0.1, 0.15) is 40.0 Å². The van der Waals surface area contributed by atoms with Gasteiger partial charge in [-0.3, -0.25) is 4.79 Å². The smallest absolute Gasteiger partial charge is 0.226 e. The summed E-state index contributed by atoms with van der Waals surface area (Å²) in [6.07, 6.45) is 3.04. The van der Waals surface area contributed by atoms with Crippen molar-refractivity contribution >= 4 is 5.91 Å². The third kappa shape index (κ3) is 4.25. The van der Waals surface area contributed by atoms with Gasteiger partial charge in [0, 0.05) is 24.5 Å². The van der Waals surface area contributed by atoms with Crippen molar-refractivity contribution in [1.82, 2.24) is 15.5 Å². The van der Waals surface area contributed by atoms with Crippen molar-refractivity contribution in [2.45, 2.75) is 46.1 Å². The van der Waals surface area contributed by atoms with E-state index in [1.54, 1.807) is 0 Å². The molecule has 1 amide bonds. The molecule has 0 bridgehead atoms. The highest BCUT2D eigenvalue weighted by molar-refractivity contribution is 5.82. The highest BCUT2D eigenvalue weighted by Crippen LogP contribution is 2.27. The zero-order valence-electron chi connectivity index (χ0n) is 12.4. The van der Waals surface area contributed by atoms with Crippen LogP contribution in [0.5, 0.6) is 0 Å². The molecule has 2 N–H and O–H groups in total. The van der Waals surface area contributed by atoms with E-state index in [-0.39, 0.29) is 11.3 Å². The van der Waals surface area contributed by atoms with Crippen molar-refractivity contribution < 1.29 is 4.79 Å². The predicted molar refractivity (Wildman–Crippen MR) is 75.6 cm³/mol. The third-order valence-electron chi connectivity index (χ3n) is 4.35. The van der Waals surface area contributed by atoms with Gasteiger partial charge >= 0.3 is 0 Å². The minimum Gasteiger partial charge on any atom is -0.354 e. The largest absolute Gasteiger partial charge is 0.354 e. The van der Waals surface area contributed by atoms with Gasteiger partial charge in [-0.25, -0.2) is 0 Å². The van der Waals surface area contributed by atoms with Crippen LogP contribution in [0.25, 0.3) is 0 Å². The first-order valence-electron chi connectivity index (χ1n) is 7.19. The van der Waals surface area contributed by atoms with E-state index in [2.05, 4.69) is 43.4 Å². The number of hydrogen-bond donors (Lipinski definition) is 2. The maximum absolute atomic E-state index is 12.2. The van der Waals surface area contributed by atoms with Gasteiger partial charge in [-0.15, -0.1) is 0 Å². The van der Waals surface area contributed by atoms with Crippen molar-refractivity contribution in [2.75, 3.05) is 33.2 Å². The van der Waals surface area contributed by atoms with Crippen molar-refractivity contribution in [3.63, 3.8) is 0 Å². The van der Waals surface area contributed by atoms with Gasteiger partial charge in [0.25, 0.3) is 0 Å². The lowest BCUT2D eigenvalue weighted by atomic mass is 9.80. The van der Waals surface area contributed by atoms with Crippen LogP contribution < -0.4 is 10.6 Å². The zero-order chi connectivity index (χ0) is 13.6. The molecule has 18 heavy (non-hydrogen) atoms. The zero-order valence-corrected chi connectivity index (χ0v) is 12.4. The van der Waals surface area contributed by atoms with Crippen LogP contribution in [-0.4, -0.2) is 50.1 Å². The molecule has 1 heterocycles. The molecule has 0 aromatic rings. The number of hydrogen-bond acceptors (Lipinski definition) is 3. The van der Waals surface area contributed by atoms with Crippen LogP contribution in [0, 0.1) is 5.41 Å². The minimum atomic E-state index is -0.166. The third-order valence-corrected chi connectivity index (χ3v) is 4.35. The minimum absolute atomic E-state index is 0.166. The molecule has 4 heteroatoms. The van der Waals surface area contributed by atoms with Crippen molar-refractivity contribution in [3.8, 4) is 0 Å². The van der Waals surface area contributed by atoms with E-state index >= 15 is 0 Å². The van der Waals surface area contributed by atoms with Gasteiger partial charge in [0.1, 0.15) is 0 Å². The second kappa shape index (κ2) is 7.10. The fraction of sp³-hybridized carbons (Fsp3) is 0.929. The lowest BCUT2D eigenvalue weighted by Crippen LogP contribution is -2.47. The fourth-order valence-corrected chi connectivity index (χ4v) is 2.30. The van der Waals surface area contributed by atoms with Gasteiger partial charge in [0.05, 0.1) is 0 Å². The Kier molecular flexibility index (Phi) is 6.09. The molecule has 1 atom stereocenters. The Morgan fingerprint density at radius 1 is 1.44 bits per heavy atom. The molecular weight excluding hydrogens is 226 g/mol. The summed E-state index contributed by atoms with van der Waals surface area (Å²) < 4.78 is 0. The molecule has 1 aliphatic rings. The van der Waals surface area contributed by atoms with E-state index in [0.29, 0.717) is 6.04 Å². The number of likely N-dealkylation sites (N-methyl/N-ethyl adjacent to an activating group) is 1. The number of nitrogens with one attached hydrogen (secondary N) is 2. The molecule has 1 unspecified atom stereocenters. The van der Waals surface area contributed by atoms with Gasteiger partial charge in [-0.1, -0.05) is 13.8 Å². The summed E-state index contributed by atoms with van der Waals surface area (Å²) in [5.74, 6) is 0.224. The van der Waals surface area contributed by atoms with E-state index < -0.39 is 0 Å². The van der Waals surface area contributed by atoms with E-state index in [9.17, 15) is 4.79 Å². The molecule has 1 saturated heterocycles. The van der Waals surface area contributed by atoms with Gasteiger partial charge in [-0.2, -0.15) is 0 Å². The average Bonchev–Trinajstić information content (AvgIpc) is 2.38. The molecular formula is C14H29N3O. The molecule has 0 aliphatic carbocycles. The Morgan fingerprint density at radius 2 is 2.06 bits per heavy atom. The van der Waals surface area contributed by atoms with Gasteiger partial charge in [0.15, 0.2) is 0 Å². The summed E-state index contributed by atoms with van der Waals surface area (Å²) in [6, 6.07) is 0.580. The maximum Gasteiger partial charge on any atom is 0.226 e. The number of carbonyl (C=O) groups excluding carboxylic acids is 1. The summed E-state index contributed by atoms with van der Waals surface area (Å²) in [4.78, 5) is 14.5. The second-order valence-electron chi connectivity index (χ2n) is 5.80. The summed E-state index contributed by atoms with van der Waals surface area (Å²) in [6.45, 7) is 10.1. The predicted octanol–water partition coefficient (Wildman–Crippen LogP) is 1.22. The molecule has 106 valence electrons. The van der Waals surface area contributed by atoms with Crippen molar-refractivity contribution in [1.29, 1.82) is 0 Å². The SMILES string of the molecule is CCC(C)N(C)CCNC(=O)C1(C)CCNCC1. The number of carbonyl (C=O) groups is 1. The highest BCUT2D eigenvalue weighted by atomic mass is 16.2. The summed E-state index contributed by atoms with van der Waals surface area (Å²) >= 11 is 0. The van der Waals surface area contributed by atoms with Crippen LogP contribution >= 0.6 is 0 Å². The van der Waals surface area contributed by atoms with Crippen LogP contribution in [0.4, 0.5) is 0 Å². The molecule has 0 aromatic heterocycles. The second-order valence-corrected chi connectivity index (χ2v) is 5.80. The van der Waals surface area contributed by atoms with E-state index in [4.69, 9.17) is 0 Å². The first-order chi connectivity index (χ1) is 8.49. The standard InChI is InChI=1S/C14H29N3O/c1-5-12(2)17(4)11-10-16-13(18)14(3)6-8-15-9-7-14/h12,15H,5-11H2,1-4H3,(H,16,18). The van der Waals surface area contributed by atoms with E-state index in [1.165, 1.54) is 0 Å². The lowest BCUT2D eigenvalue weighted by molar-refractivity contribution is -0.131. The fourth-order valence-electron chi connectivity index (χ4n) is 2.30. The van der Waals surface area contributed by atoms with Crippen LogP contribution in [0.3, 0.4) is 0 Å². The Hall–Kier alpha value is -0.610. The monoisotopic (exact) mass is 255 g/mol. The van der Waals surface area contributed by atoms with Gasteiger partial charge in [-0.05, 0) is 46.3 Å². The maximum atomic E-state index is 12.2. The molecule has 0 aromatic carbocycles. The van der Waals surface area contributed by atoms with Crippen molar-refractivity contribution in [2.24, 2.45) is 5.41 Å². The summed E-state index contributed by atoms with van der Waals surface area (Å²) in [7, 11) is 2.12. The quantitative estimate of drug-likeness (QED) is 0.750. The van der Waals surface area contributed by atoms with Crippen LogP contribution in [0.15, 0.2) is 0 Å². The topological polar surface area (TPSA) is 44.4 Å². The first kappa shape index (κ1) is 15.4. The van der Waals surface area contributed by atoms with Crippen molar-refractivity contribution in [3.05, 3.63) is 0 Å². The lowest BCUT2D eigenvalue weighted by Gasteiger charge is -2.33. The number of nitrogens with zero attached hydrogens (tertiary/aromatic N) is 1. The Bertz CT molecular complexity index is 262. The van der Waals surface area contributed by atoms with Crippen LogP contribution in [0.2, 0.25) is 0 Å². The molecule has 0 radical (unpaired) electrons. The Balaban J connectivity index is 2.28. The normalized spacial score (nSPS) is 20.7. The van der Waals surface area contributed by atoms with Crippen LogP contribution in [-0.2, 0) is 4.79 Å². The molecule has 4 nitrogen and oxygen atoms in total. The number of piperidine rings is 1.